The molecule has 0 atom stereocenters. The fourth-order valence-electron chi connectivity index (χ4n) is 2.44. The summed E-state index contributed by atoms with van der Waals surface area (Å²) in [4.78, 5) is 23.9. The van der Waals surface area contributed by atoms with Gasteiger partial charge in [-0.15, -0.1) is 0 Å². The Kier molecular flexibility index (Phi) is 10.8. The van der Waals surface area contributed by atoms with Crippen molar-refractivity contribution in [1.82, 2.24) is 10.3 Å². The highest BCUT2D eigenvalue weighted by molar-refractivity contribution is 5.97. The van der Waals surface area contributed by atoms with E-state index in [1.807, 2.05) is 24.4 Å². The number of nitrogens with two attached hydrogens (primary N) is 1. The minimum atomic E-state index is -0.245. The molecular formula is C23H31N3O2. The molecule has 0 aliphatic heterocycles. The van der Waals surface area contributed by atoms with E-state index >= 15 is 0 Å². The molecule has 1 aliphatic carbocycles. The predicted octanol–water partition coefficient (Wildman–Crippen LogP) is 4.64. The lowest BCUT2D eigenvalue weighted by molar-refractivity contribution is -0.117. The molecule has 0 saturated heterocycles. The number of H-pyrrole nitrogens is 1. The van der Waals surface area contributed by atoms with E-state index in [1.54, 1.807) is 20.0 Å². The zero-order valence-electron chi connectivity index (χ0n) is 17.0. The number of rotatable bonds is 4. The fourth-order valence-corrected chi connectivity index (χ4v) is 2.44. The number of fused-ring (bicyclic) bond motifs is 1. The smallest absolute Gasteiger partial charge is 0.251 e. The highest BCUT2D eigenvalue weighted by Gasteiger charge is 2.03. The van der Waals surface area contributed by atoms with Crippen LogP contribution in [0, 0.1) is 0 Å². The normalized spacial score (nSPS) is 12.0. The van der Waals surface area contributed by atoms with Crippen molar-refractivity contribution in [3.8, 4) is 0 Å². The number of carbonyl (C=O) groups is 2. The molecule has 150 valence electrons. The summed E-state index contributed by atoms with van der Waals surface area (Å²) in [6.07, 6.45) is 16.8. The average Bonchev–Trinajstić information content (AvgIpc) is 3.03. The maximum atomic E-state index is 11.3. The summed E-state index contributed by atoms with van der Waals surface area (Å²) in [5, 5.41) is 3.65. The standard InChI is InChI=1S/C10H10N2O.C10H14.C3H7NO/c1-11-10(13)8-2-3-9-7(6-8)4-5-12-9;1-2-7-10-8-5-3-4-6-9-10;1-2-3(4)5/h2-6,12H,1H3,(H,11,13);3-5,8-9H,2,6-7H2,1H3;2H2,1H3,(H2,4,5). The Morgan fingerprint density at radius 2 is 1.93 bits per heavy atom. The summed E-state index contributed by atoms with van der Waals surface area (Å²) in [5.41, 5.74) is 7.87. The molecule has 2 aromatic rings. The maximum Gasteiger partial charge on any atom is 0.251 e. The lowest BCUT2D eigenvalue weighted by atomic mass is 10.1. The Hall–Kier alpha value is -3.08. The van der Waals surface area contributed by atoms with Gasteiger partial charge in [0.05, 0.1) is 0 Å². The molecular weight excluding hydrogens is 350 g/mol. The van der Waals surface area contributed by atoms with Crippen molar-refractivity contribution in [2.45, 2.75) is 39.5 Å². The van der Waals surface area contributed by atoms with Crippen molar-refractivity contribution >= 4 is 22.7 Å². The summed E-state index contributed by atoms with van der Waals surface area (Å²) in [6.45, 7) is 3.94. The first-order chi connectivity index (χ1) is 13.5. The van der Waals surface area contributed by atoms with E-state index in [-0.39, 0.29) is 11.8 Å². The van der Waals surface area contributed by atoms with Gasteiger partial charge in [-0.3, -0.25) is 9.59 Å². The highest BCUT2D eigenvalue weighted by Crippen LogP contribution is 2.14. The van der Waals surface area contributed by atoms with Gasteiger partial charge < -0.3 is 16.0 Å². The largest absolute Gasteiger partial charge is 0.370 e. The third-order valence-electron chi connectivity index (χ3n) is 4.00. The second kappa shape index (κ2) is 13.1. The van der Waals surface area contributed by atoms with Crippen LogP contribution in [-0.4, -0.2) is 23.8 Å². The van der Waals surface area contributed by atoms with Gasteiger partial charge in [-0.1, -0.05) is 56.2 Å². The van der Waals surface area contributed by atoms with Crippen molar-refractivity contribution in [2.24, 2.45) is 5.73 Å². The molecule has 0 bridgehead atoms. The molecule has 1 aromatic heterocycles. The average molecular weight is 382 g/mol. The van der Waals surface area contributed by atoms with Crippen LogP contribution in [0.1, 0.15) is 49.9 Å². The molecule has 0 saturated carbocycles. The van der Waals surface area contributed by atoms with E-state index in [0.29, 0.717) is 12.0 Å². The summed E-state index contributed by atoms with van der Waals surface area (Å²) in [6, 6.07) is 7.52. The van der Waals surface area contributed by atoms with Crippen LogP contribution < -0.4 is 11.1 Å². The number of primary amides is 1. The van der Waals surface area contributed by atoms with E-state index in [1.165, 1.54) is 18.4 Å². The number of hydrogen-bond acceptors (Lipinski definition) is 2. The van der Waals surface area contributed by atoms with E-state index in [9.17, 15) is 9.59 Å². The van der Waals surface area contributed by atoms with E-state index in [2.05, 4.69) is 53.3 Å². The topological polar surface area (TPSA) is 88.0 Å². The van der Waals surface area contributed by atoms with Gasteiger partial charge in [-0.25, -0.2) is 0 Å². The Bertz CT molecular complexity index is 844. The van der Waals surface area contributed by atoms with Crippen molar-refractivity contribution in [1.29, 1.82) is 0 Å². The van der Waals surface area contributed by atoms with Gasteiger partial charge in [-0.2, -0.15) is 0 Å². The SMILES string of the molecule is CCC(N)=O.CCCC1=CCC=CC=C1.CNC(=O)c1ccc2[nH]ccc2c1. The van der Waals surface area contributed by atoms with Crippen LogP contribution >= 0.6 is 0 Å². The number of aromatic nitrogens is 1. The molecule has 28 heavy (non-hydrogen) atoms. The second-order valence-corrected chi connectivity index (χ2v) is 6.23. The fraction of sp³-hybridized carbons (Fsp3) is 0.304. The maximum absolute atomic E-state index is 11.3. The van der Waals surface area contributed by atoms with Crippen molar-refractivity contribution < 1.29 is 9.59 Å². The molecule has 4 N–H and O–H groups in total. The number of allylic oxidation sites excluding steroid dienone is 6. The monoisotopic (exact) mass is 381 g/mol. The van der Waals surface area contributed by atoms with Gasteiger partial charge in [0, 0.05) is 36.1 Å². The van der Waals surface area contributed by atoms with Crippen LogP contribution in [0.4, 0.5) is 0 Å². The first-order valence-corrected chi connectivity index (χ1v) is 9.61. The van der Waals surface area contributed by atoms with Crippen LogP contribution in [0.25, 0.3) is 10.9 Å². The molecule has 1 aliphatic rings. The van der Waals surface area contributed by atoms with Gasteiger partial charge >= 0.3 is 0 Å². The van der Waals surface area contributed by atoms with Gasteiger partial charge in [-0.05, 0) is 37.1 Å². The number of aromatic amines is 1. The molecule has 5 nitrogen and oxygen atoms in total. The number of nitrogens with one attached hydrogen (secondary N) is 2. The van der Waals surface area contributed by atoms with E-state index < -0.39 is 0 Å². The van der Waals surface area contributed by atoms with Crippen LogP contribution in [0.3, 0.4) is 0 Å². The van der Waals surface area contributed by atoms with Crippen LogP contribution in [-0.2, 0) is 4.79 Å². The Morgan fingerprint density at radius 3 is 2.57 bits per heavy atom. The molecule has 1 heterocycles. The zero-order valence-corrected chi connectivity index (χ0v) is 17.0. The molecule has 1 aromatic carbocycles. The second-order valence-electron chi connectivity index (χ2n) is 6.23. The molecule has 0 spiro atoms. The lowest BCUT2D eigenvalue weighted by Gasteiger charge is -1.98. The zero-order chi connectivity index (χ0) is 20.8. The Balaban J connectivity index is 0.000000233. The summed E-state index contributed by atoms with van der Waals surface area (Å²) < 4.78 is 0. The number of amides is 2. The van der Waals surface area contributed by atoms with Crippen molar-refractivity contribution in [2.75, 3.05) is 7.05 Å². The summed E-state index contributed by atoms with van der Waals surface area (Å²) >= 11 is 0. The number of carbonyl (C=O) groups excluding carboxylic acids is 2. The lowest BCUT2D eigenvalue weighted by Crippen LogP contribution is -2.17. The molecule has 0 radical (unpaired) electrons. The van der Waals surface area contributed by atoms with E-state index in [0.717, 1.165) is 17.3 Å². The Morgan fingerprint density at radius 1 is 1.18 bits per heavy atom. The van der Waals surface area contributed by atoms with Crippen LogP contribution in [0.5, 0.6) is 0 Å². The van der Waals surface area contributed by atoms with Gasteiger partial charge in [0.25, 0.3) is 5.91 Å². The predicted molar refractivity (Wildman–Crippen MR) is 117 cm³/mol. The first-order valence-electron chi connectivity index (χ1n) is 9.61. The van der Waals surface area contributed by atoms with Crippen molar-refractivity contribution in [3.05, 3.63) is 72.0 Å². The Labute approximate surface area is 167 Å². The molecule has 3 rings (SSSR count). The van der Waals surface area contributed by atoms with Crippen molar-refractivity contribution in [3.63, 3.8) is 0 Å². The van der Waals surface area contributed by atoms with E-state index in [4.69, 9.17) is 0 Å². The van der Waals surface area contributed by atoms with Crippen LogP contribution in [0.2, 0.25) is 0 Å². The molecule has 2 amide bonds. The van der Waals surface area contributed by atoms with Crippen LogP contribution in [0.15, 0.2) is 66.4 Å². The minimum Gasteiger partial charge on any atom is -0.370 e. The molecule has 0 unspecified atom stereocenters. The quantitative estimate of drug-likeness (QED) is 0.720. The highest BCUT2D eigenvalue weighted by atomic mass is 16.1. The van der Waals surface area contributed by atoms with Gasteiger partial charge in [0.2, 0.25) is 5.91 Å². The molecule has 5 heteroatoms. The third kappa shape index (κ3) is 8.54. The number of benzene rings is 1. The summed E-state index contributed by atoms with van der Waals surface area (Å²) in [7, 11) is 1.63. The number of hydrogen-bond donors (Lipinski definition) is 3. The third-order valence-corrected chi connectivity index (χ3v) is 4.00. The van der Waals surface area contributed by atoms with Gasteiger partial charge in [0.15, 0.2) is 0 Å². The first kappa shape index (κ1) is 23.0. The molecule has 0 fully saturated rings. The van der Waals surface area contributed by atoms with Gasteiger partial charge in [0.1, 0.15) is 0 Å². The summed E-state index contributed by atoms with van der Waals surface area (Å²) in [5.74, 6) is -0.298. The minimum absolute atomic E-state index is 0.0527.